The van der Waals surface area contributed by atoms with E-state index in [2.05, 4.69) is 0 Å². The Morgan fingerprint density at radius 3 is 2.36 bits per heavy atom. The van der Waals surface area contributed by atoms with E-state index in [0.29, 0.717) is 17.1 Å². The Kier molecular flexibility index (Phi) is 4.92. The fraction of sp³-hybridized carbons (Fsp3) is 0.500. The van der Waals surface area contributed by atoms with Crippen LogP contribution in [-0.2, 0) is 4.79 Å². The molecule has 1 aliphatic carbocycles. The quantitative estimate of drug-likeness (QED) is 0.837. The molecule has 7 nitrogen and oxygen atoms in total. The van der Waals surface area contributed by atoms with Gasteiger partial charge >= 0.3 is 6.03 Å². The number of methoxy groups -OCH3 is 1. The molecule has 0 radical (unpaired) electrons. The zero-order valence-electron chi connectivity index (χ0n) is 14.5. The Morgan fingerprint density at radius 1 is 1.08 bits per heavy atom. The summed E-state index contributed by atoms with van der Waals surface area (Å²) in [4.78, 5) is 38.5. The van der Waals surface area contributed by atoms with E-state index in [-0.39, 0.29) is 25.1 Å². The van der Waals surface area contributed by atoms with Crippen LogP contribution in [0.5, 0.6) is 11.5 Å². The van der Waals surface area contributed by atoms with Gasteiger partial charge in [0.25, 0.3) is 5.91 Å². The molecule has 0 bridgehead atoms. The Morgan fingerprint density at radius 2 is 1.76 bits per heavy atom. The number of imide groups is 2. The van der Waals surface area contributed by atoms with E-state index in [4.69, 9.17) is 9.47 Å². The minimum atomic E-state index is -0.577. The third kappa shape index (κ3) is 3.45. The van der Waals surface area contributed by atoms with Crippen molar-refractivity contribution in [2.75, 3.05) is 20.2 Å². The number of ether oxygens (including phenoxy) is 2. The number of rotatable bonds is 4. The van der Waals surface area contributed by atoms with Crippen LogP contribution >= 0.6 is 0 Å². The monoisotopic (exact) mass is 346 g/mol. The summed E-state index contributed by atoms with van der Waals surface area (Å²) in [5.74, 6) is 0.268. The third-order valence-corrected chi connectivity index (χ3v) is 4.64. The van der Waals surface area contributed by atoms with Crippen molar-refractivity contribution in [3.05, 3.63) is 23.8 Å². The second-order valence-corrected chi connectivity index (χ2v) is 6.30. The second-order valence-electron chi connectivity index (χ2n) is 6.30. The highest BCUT2D eigenvalue weighted by Gasteiger charge is 2.36. The van der Waals surface area contributed by atoms with Gasteiger partial charge in [0.2, 0.25) is 5.91 Å². The molecule has 1 aliphatic heterocycles. The van der Waals surface area contributed by atoms with E-state index in [9.17, 15) is 14.4 Å². The molecule has 0 spiro atoms. The Labute approximate surface area is 146 Å². The minimum Gasteiger partial charge on any atom is -0.493 e. The number of hydrogen-bond acceptors (Lipinski definition) is 5. The lowest BCUT2D eigenvalue weighted by atomic mass is 10.1. The normalized spacial score (nSPS) is 17.9. The molecule has 134 valence electrons. The predicted molar refractivity (Wildman–Crippen MR) is 89.7 cm³/mol. The number of carbonyl (C=O) groups excluding carboxylic acids is 3. The molecular weight excluding hydrogens is 324 g/mol. The maximum absolute atomic E-state index is 12.7. The van der Waals surface area contributed by atoms with E-state index in [0.717, 1.165) is 35.5 Å². The molecule has 25 heavy (non-hydrogen) atoms. The van der Waals surface area contributed by atoms with Crippen molar-refractivity contribution < 1.29 is 23.9 Å². The topological polar surface area (TPSA) is 76.2 Å². The summed E-state index contributed by atoms with van der Waals surface area (Å²) >= 11 is 0. The summed E-state index contributed by atoms with van der Waals surface area (Å²) in [7, 11) is 1.55. The molecule has 1 saturated heterocycles. The number of hydrogen-bond donors (Lipinski definition) is 0. The molecule has 7 heteroatoms. The van der Waals surface area contributed by atoms with Crippen LogP contribution in [0.25, 0.3) is 0 Å². The first-order chi connectivity index (χ1) is 12.0. The van der Waals surface area contributed by atoms with Crippen molar-refractivity contribution in [3.63, 3.8) is 0 Å². The van der Waals surface area contributed by atoms with E-state index < -0.39 is 11.9 Å². The Balaban J connectivity index is 1.80. The fourth-order valence-corrected chi connectivity index (χ4v) is 3.26. The van der Waals surface area contributed by atoms with Crippen molar-refractivity contribution >= 4 is 17.8 Å². The summed E-state index contributed by atoms with van der Waals surface area (Å²) in [6.45, 7) is 1.73. The molecule has 1 aromatic rings. The van der Waals surface area contributed by atoms with Crippen molar-refractivity contribution in [2.24, 2.45) is 0 Å². The van der Waals surface area contributed by atoms with Crippen molar-refractivity contribution in [3.8, 4) is 11.5 Å². The molecule has 2 fully saturated rings. The molecule has 2 aliphatic rings. The van der Waals surface area contributed by atoms with Gasteiger partial charge in [-0.25, -0.2) is 4.79 Å². The molecule has 1 saturated carbocycles. The van der Waals surface area contributed by atoms with Gasteiger partial charge in [-0.2, -0.15) is 0 Å². The maximum Gasteiger partial charge on any atom is 0.333 e. The minimum absolute atomic E-state index is 0.126. The third-order valence-electron chi connectivity index (χ3n) is 4.64. The molecule has 1 aromatic carbocycles. The van der Waals surface area contributed by atoms with Gasteiger partial charge in [-0.15, -0.1) is 0 Å². The Bertz CT molecular complexity index is 697. The largest absolute Gasteiger partial charge is 0.493 e. The number of nitrogens with zero attached hydrogens (tertiary/aromatic N) is 2. The van der Waals surface area contributed by atoms with Gasteiger partial charge in [-0.1, -0.05) is 0 Å². The predicted octanol–water partition coefficient (Wildman–Crippen LogP) is 2.44. The van der Waals surface area contributed by atoms with Gasteiger partial charge in [0.15, 0.2) is 11.5 Å². The molecule has 1 heterocycles. The van der Waals surface area contributed by atoms with Gasteiger partial charge in [0, 0.05) is 25.6 Å². The number of urea groups is 1. The lowest BCUT2D eigenvalue weighted by Crippen LogP contribution is -2.38. The van der Waals surface area contributed by atoms with Gasteiger partial charge in [-0.05, 0) is 43.9 Å². The molecule has 3 rings (SSSR count). The first-order valence-electron chi connectivity index (χ1n) is 8.50. The standard InChI is InChI=1S/C18H22N2O5/c1-12(21)19-9-10-20(18(19)23)17(22)13-7-8-15(24-2)16(11-13)25-14-5-3-4-6-14/h7-8,11,14H,3-6,9-10H2,1-2H3. The van der Waals surface area contributed by atoms with E-state index in [1.165, 1.54) is 6.92 Å². The number of carbonyl (C=O) groups is 3. The van der Waals surface area contributed by atoms with Crippen LogP contribution in [0, 0.1) is 0 Å². The number of amides is 4. The van der Waals surface area contributed by atoms with Crippen LogP contribution in [0.4, 0.5) is 4.79 Å². The van der Waals surface area contributed by atoms with Crippen LogP contribution in [0.1, 0.15) is 43.0 Å². The van der Waals surface area contributed by atoms with E-state index in [1.54, 1.807) is 25.3 Å². The molecule has 4 amide bonds. The SMILES string of the molecule is COc1ccc(C(=O)N2CCN(C(C)=O)C2=O)cc1OC1CCCC1. The zero-order chi connectivity index (χ0) is 18.0. The molecule has 0 atom stereocenters. The summed E-state index contributed by atoms with van der Waals surface area (Å²) in [5.41, 5.74) is 0.340. The average molecular weight is 346 g/mol. The Hall–Kier alpha value is -2.57. The fourth-order valence-electron chi connectivity index (χ4n) is 3.26. The zero-order valence-corrected chi connectivity index (χ0v) is 14.5. The average Bonchev–Trinajstić information content (AvgIpc) is 3.23. The lowest BCUT2D eigenvalue weighted by Gasteiger charge is -2.18. The highest BCUT2D eigenvalue weighted by Crippen LogP contribution is 2.33. The van der Waals surface area contributed by atoms with Crippen LogP contribution in [0.3, 0.4) is 0 Å². The van der Waals surface area contributed by atoms with Gasteiger partial charge in [-0.3, -0.25) is 19.4 Å². The van der Waals surface area contributed by atoms with Gasteiger partial charge in [0.1, 0.15) is 0 Å². The van der Waals surface area contributed by atoms with Crippen LogP contribution in [0.2, 0.25) is 0 Å². The van der Waals surface area contributed by atoms with E-state index >= 15 is 0 Å². The van der Waals surface area contributed by atoms with Crippen LogP contribution in [0.15, 0.2) is 18.2 Å². The molecule has 0 aromatic heterocycles. The lowest BCUT2D eigenvalue weighted by molar-refractivity contribution is -0.125. The van der Waals surface area contributed by atoms with Crippen molar-refractivity contribution in [1.29, 1.82) is 0 Å². The second kappa shape index (κ2) is 7.13. The summed E-state index contributed by atoms with van der Waals surface area (Å²) in [5, 5.41) is 0. The number of benzene rings is 1. The first kappa shape index (κ1) is 17.3. The summed E-state index contributed by atoms with van der Waals surface area (Å²) in [6.07, 6.45) is 4.36. The van der Waals surface area contributed by atoms with Gasteiger partial charge < -0.3 is 9.47 Å². The van der Waals surface area contributed by atoms with Crippen LogP contribution < -0.4 is 9.47 Å². The van der Waals surface area contributed by atoms with Crippen molar-refractivity contribution in [1.82, 2.24) is 9.80 Å². The maximum atomic E-state index is 12.7. The molecule has 0 N–H and O–H groups in total. The van der Waals surface area contributed by atoms with Crippen LogP contribution in [-0.4, -0.2) is 53.9 Å². The first-order valence-corrected chi connectivity index (χ1v) is 8.50. The highest BCUT2D eigenvalue weighted by atomic mass is 16.5. The molecular formula is C18H22N2O5. The van der Waals surface area contributed by atoms with Crippen molar-refractivity contribution in [2.45, 2.75) is 38.7 Å². The molecule has 0 unspecified atom stereocenters. The summed E-state index contributed by atoms with van der Waals surface area (Å²) < 4.78 is 11.3. The van der Waals surface area contributed by atoms with E-state index in [1.807, 2.05) is 0 Å². The smallest absolute Gasteiger partial charge is 0.333 e. The summed E-state index contributed by atoms with van der Waals surface area (Å²) in [6, 6.07) is 4.31. The highest BCUT2D eigenvalue weighted by molar-refractivity contribution is 6.09. The van der Waals surface area contributed by atoms with Gasteiger partial charge in [0.05, 0.1) is 13.2 Å².